The number of methoxy groups -OCH3 is 1. The van der Waals surface area contributed by atoms with Gasteiger partial charge in [-0.05, 0) is 30.5 Å². The molecule has 0 bridgehead atoms. The van der Waals surface area contributed by atoms with Gasteiger partial charge >= 0.3 is 0 Å². The van der Waals surface area contributed by atoms with Gasteiger partial charge in [-0.25, -0.2) is 0 Å². The number of amides is 1. The van der Waals surface area contributed by atoms with Crippen LogP contribution in [0.1, 0.15) is 18.4 Å². The second kappa shape index (κ2) is 9.19. The van der Waals surface area contributed by atoms with E-state index in [2.05, 4.69) is 5.32 Å². The van der Waals surface area contributed by atoms with Crippen LogP contribution in [0, 0.1) is 0 Å². The van der Waals surface area contributed by atoms with Crippen molar-refractivity contribution in [2.24, 2.45) is 0 Å². The number of nitrogens with one attached hydrogen (secondary N) is 1. The molecular weight excluding hydrogens is 301 g/mol. The molecule has 1 atom stereocenters. The highest BCUT2D eigenvalue weighted by atomic mass is 35.5. The Kier molecular flexibility index (Phi) is 7.92. The van der Waals surface area contributed by atoms with Crippen LogP contribution in [-0.2, 0) is 16.0 Å². The lowest BCUT2D eigenvalue weighted by molar-refractivity contribution is -0.122. The molecule has 1 aromatic rings. The Morgan fingerprint density at radius 3 is 2.80 bits per heavy atom. The summed E-state index contributed by atoms with van der Waals surface area (Å²) in [5.41, 5.74) is 0.886. The Bertz CT molecular complexity index is 434. The molecule has 0 heterocycles. The predicted molar refractivity (Wildman–Crippen MR) is 80.3 cm³/mol. The molecule has 1 aromatic carbocycles. The third-order valence-corrected chi connectivity index (χ3v) is 3.43. The molecule has 20 heavy (non-hydrogen) atoms. The normalized spacial score (nSPS) is 12.2. The second-order valence-corrected chi connectivity index (χ2v) is 5.31. The van der Waals surface area contributed by atoms with Crippen molar-refractivity contribution in [1.29, 1.82) is 0 Å². The summed E-state index contributed by atoms with van der Waals surface area (Å²) in [5.74, 6) is -0.0912. The number of carbonyl (C=O) groups is 1. The van der Waals surface area contributed by atoms with Crippen LogP contribution in [0.3, 0.4) is 0 Å². The molecule has 1 unspecified atom stereocenters. The lowest BCUT2D eigenvalue weighted by Crippen LogP contribution is -2.38. The maximum Gasteiger partial charge on any atom is 0.220 e. The van der Waals surface area contributed by atoms with Crippen molar-refractivity contribution in [3.8, 4) is 0 Å². The van der Waals surface area contributed by atoms with Gasteiger partial charge in [-0.2, -0.15) is 0 Å². The molecule has 0 saturated heterocycles. The molecule has 0 aliphatic rings. The molecule has 0 aromatic heterocycles. The van der Waals surface area contributed by atoms with E-state index in [4.69, 9.17) is 33.0 Å². The number of hydrogen-bond acceptors (Lipinski definition) is 3. The van der Waals surface area contributed by atoms with Crippen LogP contribution in [0.4, 0.5) is 0 Å². The fourth-order valence-corrected chi connectivity index (χ4v) is 2.33. The molecule has 6 heteroatoms. The van der Waals surface area contributed by atoms with E-state index in [1.165, 1.54) is 0 Å². The van der Waals surface area contributed by atoms with Gasteiger partial charge < -0.3 is 15.2 Å². The minimum Gasteiger partial charge on any atom is -0.396 e. The van der Waals surface area contributed by atoms with Crippen LogP contribution in [0.2, 0.25) is 10.0 Å². The molecule has 0 spiro atoms. The summed E-state index contributed by atoms with van der Waals surface area (Å²) in [4.78, 5) is 11.8. The Morgan fingerprint density at radius 1 is 1.45 bits per heavy atom. The fourth-order valence-electron chi connectivity index (χ4n) is 1.83. The molecule has 0 aliphatic heterocycles. The molecule has 1 rings (SSSR count). The minimum atomic E-state index is -0.168. The van der Waals surface area contributed by atoms with Crippen LogP contribution in [0.5, 0.6) is 0 Å². The van der Waals surface area contributed by atoms with Gasteiger partial charge in [-0.15, -0.1) is 0 Å². The second-order valence-electron chi connectivity index (χ2n) is 4.47. The number of hydrogen-bond donors (Lipinski definition) is 2. The highest BCUT2D eigenvalue weighted by Gasteiger charge is 2.12. The van der Waals surface area contributed by atoms with E-state index in [0.29, 0.717) is 35.9 Å². The van der Waals surface area contributed by atoms with Gasteiger partial charge in [0, 0.05) is 30.2 Å². The number of halogens is 2. The van der Waals surface area contributed by atoms with Crippen molar-refractivity contribution < 1.29 is 14.6 Å². The van der Waals surface area contributed by atoms with Crippen molar-refractivity contribution in [1.82, 2.24) is 5.32 Å². The molecule has 2 N–H and O–H groups in total. The largest absolute Gasteiger partial charge is 0.396 e. The maximum atomic E-state index is 11.8. The number of aliphatic hydroxyl groups is 1. The zero-order valence-electron chi connectivity index (χ0n) is 11.4. The van der Waals surface area contributed by atoms with E-state index < -0.39 is 0 Å². The summed E-state index contributed by atoms with van der Waals surface area (Å²) in [6.07, 6.45) is 1.34. The standard InChI is InChI=1S/C14H19Cl2NO3/c1-20-9-12(6-7-18)17-14(19)5-3-10-2-4-11(15)8-13(10)16/h2,4,8,12,18H,3,5-7,9H2,1H3,(H,17,19). The van der Waals surface area contributed by atoms with Gasteiger partial charge in [0.1, 0.15) is 0 Å². The quantitative estimate of drug-likeness (QED) is 0.773. The van der Waals surface area contributed by atoms with E-state index in [1.54, 1.807) is 19.2 Å². The van der Waals surface area contributed by atoms with Crippen LogP contribution >= 0.6 is 23.2 Å². The average molecular weight is 320 g/mol. The van der Waals surface area contributed by atoms with Gasteiger partial charge in [0.15, 0.2) is 0 Å². The summed E-state index contributed by atoms with van der Waals surface area (Å²) in [5, 5.41) is 12.9. The van der Waals surface area contributed by atoms with Crippen LogP contribution in [-0.4, -0.2) is 37.4 Å². The topological polar surface area (TPSA) is 58.6 Å². The van der Waals surface area contributed by atoms with E-state index >= 15 is 0 Å². The summed E-state index contributed by atoms with van der Waals surface area (Å²) in [6, 6.07) is 5.06. The third-order valence-electron chi connectivity index (χ3n) is 2.85. The molecule has 0 fully saturated rings. The summed E-state index contributed by atoms with van der Waals surface area (Å²) in [7, 11) is 1.56. The van der Waals surface area contributed by atoms with Crippen LogP contribution in [0.15, 0.2) is 18.2 Å². The number of ether oxygens (including phenoxy) is 1. The van der Waals surface area contributed by atoms with E-state index in [0.717, 1.165) is 5.56 Å². The summed E-state index contributed by atoms with van der Waals surface area (Å²) in [6.45, 7) is 0.394. The van der Waals surface area contributed by atoms with Gasteiger partial charge in [-0.1, -0.05) is 29.3 Å². The first-order valence-electron chi connectivity index (χ1n) is 6.40. The molecular formula is C14H19Cl2NO3. The maximum absolute atomic E-state index is 11.8. The number of aryl methyl sites for hydroxylation is 1. The van der Waals surface area contributed by atoms with Crippen molar-refractivity contribution >= 4 is 29.1 Å². The zero-order valence-corrected chi connectivity index (χ0v) is 12.9. The van der Waals surface area contributed by atoms with E-state index in [9.17, 15) is 4.79 Å². The molecule has 1 amide bonds. The number of benzene rings is 1. The Balaban J connectivity index is 2.45. The smallest absolute Gasteiger partial charge is 0.220 e. The first kappa shape index (κ1) is 17.2. The van der Waals surface area contributed by atoms with E-state index in [1.807, 2.05) is 6.07 Å². The first-order chi connectivity index (χ1) is 9.56. The third kappa shape index (κ3) is 6.09. The number of rotatable bonds is 8. The minimum absolute atomic E-state index is 0.0112. The zero-order chi connectivity index (χ0) is 15.0. The predicted octanol–water partition coefficient (Wildman–Crippen LogP) is 2.44. The van der Waals surface area contributed by atoms with E-state index in [-0.39, 0.29) is 18.6 Å². The lowest BCUT2D eigenvalue weighted by Gasteiger charge is -2.16. The molecule has 4 nitrogen and oxygen atoms in total. The van der Waals surface area contributed by atoms with Gasteiger partial charge in [0.05, 0.1) is 12.6 Å². The van der Waals surface area contributed by atoms with Gasteiger partial charge in [0.25, 0.3) is 0 Å². The summed E-state index contributed by atoms with van der Waals surface area (Å²) >= 11 is 11.9. The highest BCUT2D eigenvalue weighted by molar-refractivity contribution is 6.35. The molecule has 0 radical (unpaired) electrons. The summed E-state index contributed by atoms with van der Waals surface area (Å²) < 4.78 is 4.99. The van der Waals surface area contributed by atoms with Crippen molar-refractivity contribution in [3.05, 3.63) is 33.8 Å². The monoisotopic (exact) mass is 319 g/mol. The molecule has 112 valence electrons. The Morgan fingerprint density at radius 2 is 2.20 bits per heavy atom. The van der Waals surface area contributed by atoms with Crippen LogP contribution < -0.4 is 5.32 Å². The van der Waals surface area contributed by atoms with Crippen LogP contribution in [0.25, 0.3) is 0 Å². The van der Waals surface area contributed by atoms with Crippen molar-refractivity contribution in [3.63, 3.8) is 0 Å². The Labute approximate surface area is 129 Å². The van der Waals surface area contributed by atoms with Crippen molar-refractivity contribution in [2.45, 2.75) is 25.3 Å². The fraction of sp³-hybridized carbons (Fsp3) is 0.500. The first-order valence-corrected chi connectivity index (χ1v) is 7.15. The molecule has 0 aliphatic carbocycles. The highest BCUT2D eigenvalue weighted by Crippen LogP contribution is 2.22. The van der Waals surface area contributed by atoms with Gasteiger partial charge in [0.2, 0.25) is 5.91 Å². The number of aliphatic hydroxyl groups excluding tert-OH is 1. The Hall–Kier alpha value is -0.810. The molecule has 0 saturated carbocycles. The average Bonchev–Trinajstić information content (AvgIpc) is 2.38. The SMILES string of the molecule is COCC(CCO)NC(=O)CCc1ccc(Cl)cc1Cl. The lowest BCUT2D eigenvalue weighted by atomic mass is 10.1. The van der Waals surface area contributed by atoms with Gasteiger partial charge in [-0.3, -0.25) is 4.79 Å². The number of carbonyl (C=O) groups excluding carboxylic acids is 1. The van der Waals surface area contributed by atoms with Crippen molar-refractivity contribution in [2.75, 3.05) is 20.3 Å².